The molecule has 0 aromatic carbocycles. The number of hydrogen-bond donors (Lipinski definition) is 1. The van der Waals surface area contributed by atoms with E-state index in [9.17, 15) is 13.2 Å². The third kappa shape index (κ3) is 5.16. The molecule has 96 valence electrons. The predicted molar refractivity (Wildman–Crippen MR) is 58.4 cm³/mol. The zero-order valence-corrected chi connectivity index (χ0v) is 9.98. The third-order valence-corrected chi connectivity index (χ3v) is 3.01. The minimum absolute atomic E-state index is 0.214. The fourth-order valence-electron chi connectivity index (χ4n) is 2.29. The van der Waals surface area contributed by atoms with Gasteiger partial charge in [-0.15, -0.1) is 0 Å². The summed E-state index contributed by atoms with van der Waals surface area (Å²) < 4.78 is 36.5. The second-order valence-corrected chi connectivity index (χ2v) is 4.62. The van der Waals surface area contributed by atoms with Crippen molar-refractivity contribution in [3.63, 3.8) is 0 Å². The number of alkyl halides is 3. The van der Waals surface area contributed by atoms with Gasteiger partial charge < -0.3 is 10.2 Å². The van der Waals surface area contributed by atoms with E-state index in [0.717, 1.165) is 32.5 Å². The van der Waals surface area contributed by atoms with Gasteiger partial charge in [-0.3, -0.25) is 0 Å². The minimum atomic E-state index is -4.06. The largest absolute Gasteiger partial charge is 0.390 e. The Morgan fingerprint density at radius 1 is 1.44 bits per heavy atom. The van der Waals surface area contributed by atoms with Crippen LogP contribution in [-0.2, 0) is 0 Å². The average Bonchev–Trinajstić information content (AvgIpc) is 2.15. The molecule has 0 aromatic rings. The van der Waals surface area contributed by atoms with E-state index in [4.69, 9.17) is 0 Å². The smallest absolute Gasteiger partial charge is 0.310 e. The molecule has 0 aliphatic carbocycles. The van der Waals surface area contributed by atoms with Crippen molar-refractivity contribution in [1.29, 1.82) is 0 Å². The van der Waals surface area contributed by atoms with Gasteiger partial charge in [0.1, 0.15) is 0 Å². The standard InChI is InChI=1S/C11H21F3N2/c1-3-16-6-4-5-10(8-16)15-9(2)7-11(12,13)14/h9-10,15H,3-8H2,1-2H3. The number of halogens is 3. The Morgan fingerprint density at radius 3 is 2.69 bits per heavy atom. The first-order valence-corrected chi connectivity index (χ1v) is 5.96. The molecule has 1 fully saturated rings. The molecule has 0 amide bonds. The SMILES string of the molecule is CCN1CCCC(NC(C)CC(F)(F)F)C1. The highest BCUT2D eigenvalue weighted by atomic mass is 19.4. The molecule has 1 aliphatic rings. The summed E-state index contributed by atoms with van der Waals surface area (Å²) in [6.07, 6.45) is -2.75. The van der Waals surface area contributed by atoms with Crippen LogP contribution in [0.4, 0.5) is 13.2 Å². The molecule has 1 aliphatic heterocycles. The Balaban J connectivity index is 2.30. The molecule has 2 atom stereocenters. The Morgan fingerprint density at radius 2 is 2.12 bits per heavy atom. The number of hydrogen-bond acceptors (Lipinski definition) is 2. The lowest BCUT2D eigenvalue weighted by atomic mass is 10.0. The average molecular weight is 238 g/mol. The number of nitrogens with one attached hydrogen (secondary N) is 1. The summed E-state index contributed by atoms with van der Waals surface area (Å²) in [7, 11) is 0. The fourth-order valence-corrected chi connectivity index (χ4v) is 2.29. The first-order chi connectivity index (χ1) is 7.40. The van der Waals surface area contributed by atoms with Gasteiger partial charge in [0.05, 0.1) is 6.42 Å². The number of nitrogens with zero attached hydrogens (tertiary/aromatic N) is 1. The van der Waals surface area contributed by atoms with Gasteiger partial charge in [-0.1, -0.05) is 6.92 Å². The maximum atomic E-state index is 12.2. The van der Waals surface area contributed by atoms with Gasteiger partial charge in [0.25, 0.3) is 0 Å². The van der Waals surface area contributed by atoms with Crippen LogP contribution in [0.3, 0.4) is 0 Å². The van der Waals surface area contributed by atoms with Gasteiger partial charge in [-0.05, 0) is 32.9 Å². The molecule has 5 heteroatoms. The molecule has 1 saturated heterocycles. The molecule has 0 spiro atoms. The minimum Gasteiger partial charge on any atom is -0.310 e. The summed E-state index contributed by atoms with van der Waals surface area (Å²) in [4.78, 5) is 2.28. The molecule has 0 aromatic heterocycles. The predicted octanol–water partition coefficient (Wildman–Crippen LogP) is 2.40. The Bertz CT molecular complexity index is 206. The quantitative estimate of drug-likeness (QED) is 0.809. The van der Waals surface area contributed by atoms with Crippen LogP contribution in [0.25, 0.3) is 0 Å². The van der Waals surface area contributed by atoms with Crippen molar-refractivity contribution in [1.82, 2.24) is 10.2 Å². The summed E-state index contributed by atoms with van der Waals surface area (Å²) in [6, 6.07) is -0.271. The Labute approximate surface area is 95.2 Å². The molecule has 0 bridgehead atoms. The van der Waals surface area contributed by atoms with Crippen molar-refractivity contribution >= 4 is 0 Å². The summed E-state index contributed by atoms with van der Waals surface area (Å²) in [5.41, 5.74) is 0. The Hall–Kier alpha value is -0.290. The summed E-state index contributed by atoms with van der Waals surface area (Å²) in [6.45, 7) is 6.62. The second kappa shape index (κ2) is 5.87. The van der Waals surface area contributed by atoms with Gasteiger partial charge >= 0.3 is 6.18 Å². The van der Waals surface area contributed by atoms with Crippen molar-refractivity contribution in [3.8, 4) is 0 Å². The van der Waals surface area contributed by atoms with Crippen molar-refractivity contribution in [2.75, 3.05) is 19.6 Å². The number of likely N-dealkylation sites (tertiary alicyclic amines) is 1. The van der Waals surface area contributed by atoms with Crippen LogP contribution >= 0.6 is 0 Å². The van der Waals surface area contributed by atoms with Crippen LogP contribution in [0.5, 0.6) is 0 Å². The summed E-state index contributed by atoms with van der Waals surface area (Å²) >= 11 is 0. The first-order valence-electron chi connectivity index (χ1n) is 5.96. The van der Waals surface area contributed by atoms with Gasteiger partial charge in [0.2, 0.25) is 0 Å². The summed E-state index contributed by atoms with van der Waals surface area (Å²) in [5, 5.41) is 3.08. The van der Waals surface area contributed by atoms with E-state index in [1.807, 2.05) is 0 Å². The van der Waals surface area contributed by atoms with E-state index < -0.39 is 18.6 Å². The Kier molecular flexibility index (Phi) is 5.05. The molecular weight excluding hydrogens is 217 g/mol. The molecule has 2 nitrogen and oxygen atoms in total. The highest BCUT2D eigenvalue weighted by Crippen LogP contribution is 2.22. The monoisotopic (exact) mass is 238 g/mol. The summed E-state index contributed by atoms with van der Waals surface area (Å²) in [5.74, 6) is 0. The van der Waals surface area contributed by atoms with E-state index in [1.165, 1.54) is 0 Å². The van der Waals surface area contributed by atoms with Crippen molar-refractivity contribution < 1.29 is 13.2 Å². The maximum Gasteiger partial charge on any atom is 0.390 e. The van der Waals surface area contributed by atoms with Crippen LogP contribution in [-0.4, -0.2) is 42.8 Å². The van der Waals surface area contributed by atoms with Gasteiger partial charge in [0, 0.05) is 18.6 Å². The molecule has 1 heterocycles. The fraction of sp³-hybridized carbons (Fsp3) is 1.00. The second-order valence-electron chi connectivity index (χ2n) is 4.62. The maximum absolute atomic E-state index is 12.2. The molecule has 2 unspecified atom stereocenters. The third-order valence-electron chi connectivity index (χ3n) is 3.01. The van der Waals surface area contributed by atoms with E-state index in [2.05, 4.69) is 17.1 Å². The van der Waals surface area contributed by atoms with Crippen LogP contribution in [0.2, 0.25) is 0 Å². The normalized spacial score (nSPS) is 25.7. The number of piperidine rings is 1. The van der Waals surface area contributed by atoms with Crippen molar-refractivity contribution in [3.05, 3.63) is 0 Å². The lowest BCUT2D eigenvalue weighted by Crippen LogP contribution is -2.49. The molecule has 0 radical (unpaired) electrons. The van der Waals surface area contributed by atoms with Crippen molar-refractivity contribution in [2.24, 2.45) is 0 Å². The van der Waals surface area contributed by atoms with E-state index in [1.54, 1.807) is 6.92 Å². The molecule has 1 rings (SSSR count). The lowest BCUT2D eigenvalue weighted by molar-refractivity contribution is -0.139. The van der Waals surface area contributed by atoms with E-state index in [-0.39, 0.29) is 6.04 Å². The number of likely N-dealkylation sites (N-methyl/N-ethyl adjacent to an activating group) is 1. The van der Waals surface area contributed by atoms with Crippen LogP contribution < -0.4 is 5.32 Å². The molecule has 16 heavy (non-hydrogen) atoms. The lowest BCUT2D eigenvalue weighted by Gasteiger charge is -2.34. The highest BCUT2D eigenvalue weighted by Gasteiger charge is 2.31. The zero-order valence-electron chi connectivity index (χ0n) is 9.98. The van der Waals surface area contributed by atoms with Crippen LogP contribution in [0.15, 0.2) is 0 Å². The number of rotatable bonds is 4. The first kappa shape index (κ1) is 13.8. The van der Waals surface area contributed by atoms with E-state index >= 15 is 0 Å². The molecule has 1 N–H and O–H groups in total. The van der Waals surface area contributed by atoms with Crippen LogP contribution in [0.1, 0.15) is 33.1 Å². The van der Waals surface area contributed by atoms with Crippen LogP contribution in [0, 0.1) is 0 Å². The van der Waals surface area contributed by atoms with Crippen molar-refractivity contribution in [2.45, 2.75) is 51.4 Å². The van der Waals surface area contributed by atoms with Gasteiger partial charge in [0.15, 0.2) is 0 Å². The molecule has 0 saturated carbocycles. The highest BCUT2D eigenvalue weighted by molar-refractivity contribution is 4.80. The zero-order chi connectivity index (χ0) is 12.2. The molecular formula is C11H21F3N2. The topological polar surface area (TPSA) is 15.3 Å². The van der Waals surface area contributed by atoms with E-state index in [0.29, 0.717) is 0 Å². The van der Waals surface area contributed by atoms with Gasteiger partial charge in [-0.25, -0.2) is 0 Å². The van der Waals surface area contributed by atoms with Gasteiger partial charge in [-0.2, -0.15) is 13.2 Å².